The third-order valence-electron chi connectivity index (χ3n) is 4.40. The number of amides is 1. The molecule has 1 aliphatic heterocycles. The average Bonchev–Trinajstić information content (AvgIpc) is 2.94. The van der Waals surface area contributed by atoms with Crippen LogP contribution in [0, 0.1) is 3.57 Å². The van der Waals surface area contributed by atoms with Crippen LogP contribution in [0.5, 0.6) is 0 Å². The number of carbonyl (C=O) groups excluding carboxylic acids is 1. The Kier molecular flexibility index (Phi) is 6.31. The van der Waals surface area contributed by atoms with Crippen LogP contribution < -0.4 is 5.32 Å². The largest absolute Gasteiger partial charge is 0.322 e. The van der Waals surface area contributed by atoms with Gasteiger partial charge in [0.15, 0.2) is 0 Å². The van der Waals surface area contributed by atoms with E-state index in [0.29, 0.717) is 24.3 Å². The molecule has 0 aromatic heterocycles. The third-order valence-corrected chi connectivity index (χ3v) is 7.01. The molecule has 0 spiro atoms. The highest BCUT2D eigenvalue weighted by atomic mass is 127. The highest BCUT2D eigenvalue weighted by molar-refractivity contribution is 14.1. The van der Waals surface area contributed by atoms with Crippen LogP contribution in [0.1, 0.15) is 36.0 Å². The lowest BCUT2D eigenvalue weighted by Crippen LogP contribution is -2.32. The van der Waals surface area contributed by atoms with Crippen LogP contribution in [0.2, 0.25) is 0 Å². The highest BCUT2D eigenvalue weighted by Gasteiger charge is 2.25. The molecule has 0 aliphatic carbocycles. The fourth-order valence-corrected chi connectivity index (χ4v) is 4.89. The minimum atomic E-state index is -3.57. The molecule has 1 aliphatic rings. The number of benzene rings is 2. The van der Waals surface area contributed by atoms with E-state index < -0.39 is 10.0 Å². The standard InChI is InChI=1S/C19H21IN2O3S/c20-16-8-10-17(11-9-16)21-19(23)15-6-5-7-18(14-15)26(24,25)22-12-3-1-2-4-13-22/h5-11,14H,1-4,12-13H2,(H,21,23). The Morgan fingerprint density at radius 3 is 2.27 bits per heavy atom. The quantitative estimate of drug-likeness (QED) is 0.665. The van der Waals surface area contributed by atoms with Gasteiger partial charge < -0.3 is 5.32 Å². The van der Waals surface area contributed by atoms with Crippen molar-refractivity contribution in [3.8, 4) is 0 Å². The number of anilines is 1. The van der Waals surface area contributed by atoms with Crippen molar-refractivity contribution in [3.63, 3.8) is 0 Å². The first-order chi connectivity index (χ1) is 12.5. The van der Waals surface area contributed by atoms with Gasteiger partial charge in [0, 0.05) is 27.9 Å². The second-order valence-electron chi connectivity index (χ2n) is 6.31. The van der Waals surface area contributed by atoms with Crippen molar-refractivity contribution in [1.82, 2.24) is 4.31 Å². The van der Waals surface area contributed by atoms with Crippen molar-refractivity contribution in [2.75, 3.05) is 18.4 Å². The average molecular weight is 484 g/mol. The minimum Gasteiger partial charge on any atom is -0.322 e. The van der Waals surface area contributed by atoms with E-state index in [2.05, 4.69) is 27.9 Å². The number of nitrogens with one attached hydrogen (secondary N) is 1. The van der Waals surface area contributed by atoms with Crippen molar-refractivity contribution in [1.29, 1.82) is 0 Å². The predicted octanol–water partition coefficient (Wildman–Crippen LogP) is 4.11. The Hall–Kier alpha value is -1.45. The van der Waals surface area contributed by atoms with Crippen LogP contribution in [0.15, 0.2) is 53.4 Å². The second-order valence-corrected chi connectivity index (χ2v) is 9.49. The van der Waals surface area contributed by atoms with Gasteiger partial charge in [0.25, 0.3) is 5.91 Å². The van der Waals surface area contributed by atoms with E-state index in [9.17, 15) is 13.2 Å². The summed E-state index contributed by atoms with van der Waals surface area (Å²) in [6.45, 7) is 1.09. The smallest absolute Gasteiger partial charge is 0.255 e. The van der Waals surface area contributed by atoms with E-state index >= 15 is 0 Å². The van der Waals surface area contributed by atoms with E-state index in [1.165, 1.54) is 10.4 Å². The number of rotatable bonds is 4. The molecule has 26 heavy (non-hydrogen) atoms. The van der Waals surface area contributed by atoms with Gasteiger partial charge in [-0.1, -0.05) is 18.9 Å². The van der Waals surface area contributed by atoms with E-state index in [4.69, 9.17) is 0 Å². The number of carbonyl (C=O) groups is 1. The zero-order chi connectivity index (χ0) is 18.6. The molecule has 1 amide bonds. The first-order valence-corrected chi connectivity index (χ1v) is 11.2. The van der Waals surface area contributed by atoms with Gasteiger partial charge in [-0.15, -0.1) is 0 Å². The Morgan fingerprint density at radius 1 is 0.962 bits per heavy atom. The fraction of sp³-hybridized carbons (Fsp3) is 0.316. The number of halogens is 1. The summed E-state index contributed by atoms with van der Waals surface area (Å²) in [4.78, 5) is 12.7. The maximum absolute atomic E-state index is 12.9. The number of sulfonamides is 1. The molecule has 138 valence electrons. The molecule has 2 aromatic carbocycles. The summed E-state index contributed by atoms with van der Waals surface area (Å²) < 4.78 is 28.4. The zero-order valence-corrected chi connectivity index (χ0v) is 17.3. The topological polar surface area (TPSA) is 66.5 Å². The van der Waals surface area contributed by atoms with Gasteiger partial charge in [-0.05, 0) is 77.9 Å². The number of nitrogens with zero attached hydrogens (tertiary/aromatic N) is 1. The zero-order valence-electron chi connectivity index (χ0n) is 14.3. The van der Waals surface area contributed by atoms with Crippen molar-refractivity contribution in [2.24, 2.45) is 0 Å². The molecule has 7 heteroatoms. The van der Waals surface area contributed by atoms with E-state index in [1.807, 2.05) is 24.3 Å². The maximum Gasteiger partial charge on any atom is 0.255 e. The van der Waals surface area contributed by atoms with E-state index in [-0.39, 0.29) is 10.8 Å². The Bertz CT molecular complexity index is 874. The van der Waals surface area contributed by atoms with Crippen LogP contribution in [0.25, 0.3) is 0 Å². The summed E-state index contributed by atoms with van der Waals surface area (Å²) in [5, 5.41) is 2.80. The first kappa shape index (κ1) is 19.3. The predicted molar refractivity (Wildman–Crippen MR) is 111 cm³/mol. The molecule has 1 fully saturated rings. The molecule has 2 aromatic rings. The normalized spacial score (nSPS) is 16.0. The lowest BCUT2D eigenvalue weighted by atomic mass is 10.2. The molecule has 5 nitrogen and oxygen atoms in total. The maximum atomic E-state index is 12.9. The van der Waals surface area contributed by atoms with Gasteiger partial charge in [-0.3, -0.25) is 4.79 Å². The van der Waals surface area contributed by atoms with Crippen LogP contribution in [0.4, 0.5) is 5.69 Å². The molecule has 0 bridgehead atoms. The first-order valence-electron chi connectivity index (χ1n) is 8.64. The van der Waals surface area contributed by atoms with Crippen molar-refractivity contribution in [3.05, 3.63) is 57.7 Å². The molecule has 0 saturated carbocycles. The molecule has 0 unspecified atom stereocenters. The number of hydrogen-bond acceptors (Lipinski definition) is 3. The van der Waals surface area contributed by atoms with Gasteiger partial charge in [0.1, 0.15) is 0 Å². The van der Waals surface area contributed by atoms with E-state index in [1.54, 1.807) is 18.2 Å². The van der Waals surface area contributed by atoms with Crippen molar-refractivity contribution >= 4 is 44.2 Å². The monoisotopic (exact) mass is 484 g/mol. The summed E-state index contributed by atoms with van der Waals surface area (Å²) in [6, 6.07) is 13.7. The highest BCUT2D eigenvalue weighted by Crippen LogP contribution is 2.21. The molecule has 0 atom stereocenters. The second kappa shape index (κ2) is 8.49. The lowest BCUT2D eigenvalue weighted by molar-refractivity contribution is 0.102. The summed E-state index contributed by atoms with van der Waals surface area (Å²) in [5.74, 6) is -0.320. The van der Waals surface area contributed by atoms with Gasteiger partial charge in [0.2, 0.25) is 10.0 Å². The van der Waals surface area contributed by atoms with Gasteiger partial charge >= 0.3 is 0 Å². The van der Waals surface area contributed by atoms with Crippen LogP contribution >= 0.6 is 22.6 Å². The fourth-order valence-electron chi connectivity index (χ4n) is 2.97. The summed E-state index contributed by atoms with van der Waals surface area (Å²) in [7, 11) is -3.57. The third kappa shape index (κ3) is 4.63. The number of hydrogen-bond donors (Lipinski definition) is 1. The summed E-state index contributed by atoms with van der Waals surface area (Å²) in [5.41, 5.74) is 1.01. The van der Waals surface area contributed by atoms with Crippen LogP contribution in [0.3, 0.4) is 0 Å². The lowest BCUT2D eigenvalue weighted by Gasteiger charge is -2.20. The molecule has 1 saturated heterocycles. The summed E-state index contributed by atoms with van der Waals surface area (Å²) >= 11 is 2.19. The Morgan fingerprint density at radius 2 is 1.62 bits per heavy atom. The molecular formula is C19H21IN2O3S. The SMILES string of the molecule is O=C(Nc1ccc(I)cc1)c1cccc(S(=O)(=O)N2CCCCCC2)c1. The Labute approximate surface area is 168 Å². The van der Waals surface area contributed by atoms with Gasteiger partial charge in [0.05, 0.1) is 4.90 Å². The van der Waals surface area contributed by atoms with Crippen LogP contribution in [-0.2, 0) is 10.0 Å². The minimum absolute atomic E-state index is 0.176. The molecule has 1 heterocycles. The summed E-state index contributed by atoms with van der Waals surface area (Å²) in [6.07, 6.45) is 3.88. The van der Waals surface area contributed by atoms with Crippen molar-refractivity contribution in [2.45, 2.75) is 30.6 Å². The van der Waals surface area contributed by atoms with Gasteiger partial charge in [-0.2, -0.15) is 4.31 Å². The molecule has 0 radical (unpaired) electrons. The molecule has 1 N–H and O–H groups in total. The molecule has 3 rings (SSSR count). The van der Waals surface area contributed by atoms with Gasteiger partial charge in [-0.25, -0.2) is 8.42 Å². The van der Waals surface area contributed by atoms with Crippen molar-refractivity contribution < 1.29 is 13.2 Å². The molecular weight excluding hydrogens is 463 g/mol. The van der Waals surface area contributed by atoms with E-state index in [0.717, 1.165) is 29.3 Å². The Balaban J connectivity index is 1.80. The van der Waals surface area contributed by atoms with Crippen LogP contribution in [-0.4, -0.2) is 31.7 Å².